The summed E-state index contributed by atoms with van der Waals surface area (Å²) in [5, 5.41) is 11.4. The van der Waals surface area contributed by atoms with Gasteiger partial charge in [-0.3, -0.25) is 9.59 Å². The molecule has 0 aromatic rings. The smallest absolute Gasteiger partial charge is 0.304 e. The molecule has 14 heavy (non-hydrogen) atoms. The van der Waals surface area contributed by atoms with Crippen LogP contribution in [-0.4, -0.2) is 48.1 Å². The predicted octanol–water partition coefficient (Wildman–Crippen LogP) is -0.471. The molecule has 1 heterocycles. The van der Waals surface area contributed by atoms with Crippen molar-refractivity contribution >= 4 is 11.9 Å². The monoisotopic (exact) mass is 200 g/mol. The second-order valence-electron chi connectivity index (χ2n) is 3.64. The molecule has 1 rings (SSSR count). The van der Waals surface area contributed by atoms with Gasteiger partial charge in [0.05, 0.1) is 6.42 Å². The normalized spacial score (nSPS) is 16.5. The number of hydrogen-bond donors (Lipinski definition) is 2. The summed E-state index contributed by atoms with van der Waals surface area (Å²) < 4.78 is 0. The maximum Gasteiger partial charge on any atom is 0.304 e. The fourth-order valence-corrected chi connectivity index (χ4v) is 1.46. The lowest BCUT2D eigenvalue weighted by atomic mass is 10.0. The molecule has 0 aromatic carbocycles. The Morgan fingerprint density at radius 2 is 2.14 bits per heavy atom. The minimum Gasteiger partial charge on any atom is -0.481 e. The largest absolute Gasteiger partial charge is 0.481 e. The van der Waals surface area contributed by atoms with E-state index in [9.17, 15) is 9.59 Å². The second-order valence-corrected chi connectivity index (χ2v) is 3.64. The van der Waals surface area contributed by atoms with E-state index in [1.165, 1.54) is 0 Å². The number of carboxylic acid groups (broad SMARTS) is 1. The molecule has 0 aliphatic carbocycles. The highest BCUT2D eigenvalue weighted by Crippen LogP contribution is 2.13. The fourth-order valence-electron chi connectivity index (χ4n) is 1.46. The molecule has 1 aliphatic rings. The number of carbonyl (C=O) groups excluding carboxylic acids is 1. The van der Waals surface area contributed by atoms with Crippen molar-refractivity contribution in [2.45, 2.75) is 13.3 Å². The van der Waals surface area contributed by atoms with Gasteiger partial charge in [-0.25, -0.2) is 0 Å². The number of amides is 1. The molecule has 0 radical (unpaired) electrons. The van der Waals surface area contributed by atoms with E-state index in [0.717, 1.165) is 19.6 Å². The third-order valence-corrected chi connectivity index (χ3v) is 2.35. The highest BCUT2D eigenvalue weighted by atomic mass is 16.4. The summed E-state index contributed by atoms with van der Waals surface area (Å²) in [5.41, 5.74) is 0. The Morgan fingerprint density at radius 3 is 2.64 bits per heavy atom. The number of rotatable bonds is 5. The van der Waals surface area contributed by atoms with Gasteiger partial charge in [-0.05, 0) is 0 Å². The van der Waals surface area contributed by atoms with E-state index in [2.05, 4.69) is 5.32 Å². The highest BCUT2D eigenvalue weighted by Gasteiger charge is 2.27. The van der Waals surface area contributed by atoms with Gasteiger partial charge in [0.1, 0.15) is 0 Å². The molecule has 1 amide bonds. The first kappa shape index (κ1) is 11.0. The molecular formula is C9H16N2O3. The van der Waals surface area contributed by atoms with Gasteiger partial charge in [-0.1, -0.05) is 0 Å². The molecule has 0 aromatic heterocycles. The molecule has 0 atom stereocenters. The van der Waals surface area contributed by atoms with Gasteiger partial charge in [-0.15, -0.1) is 0 Å². The van der Waals surface area contributed by atoms with Gasteiger partial charge in [-0.2, -0.15) is 0 Å². The Balaban J connectivity index is 1.96. The lowest BCUT2D eigenvalue weighted by molar-refractivity contribution is -0.136. The molecule has 5 heteroatoms. The Hall–Kier alpha value is -1.10. The number of nitrogens with one attached hydrogen (secondary N) is 1. The molecule has 80 valence electrons. The third kappa shape index (κ3) is 3.33. The van der Waals surface area contributed by atoms with Gasteiger partial charge in [0.25, 0.3) is 0 Å². The minimum absolute atomic E-state index is 0.117. The first-order valence-corrected chi connectivity index (χ1v) is 4.77. The summed E-state index contributed by atoms with van der Waals surface area (Å²) in [6, 6.07) is 0. The van der Waals surface area contributed by atoms with Crippen LogP contribution in [0.5, 0.6) is 0 Å². The van der Waals surface area contributed by atoms with Crippen molar-refractivity contribution in [3.05, 3.63) is 0 Å². The maximum absolute atomic E-state index is 10.8. The zero-order valence-corrected chi connectivity index (χ0v) is 8.32. The SMILES string of the molecule is CC(=O)N1CC(CNCCC(=O)O)C1. The van der Waals surface area contributed by atoms with Gasteiger partial charge in [0.15, 0.2) is 0 Å². The molecule has 1 fully saturated rings. The van der Waals surface area contributed by atoms with Crippen LogP contribution >= 0.6 is 0 Å². The van der Waals surface area contributed by atoms with Crippen LogP contribution in [0.1, 0.15) is 13.3 Å². The average molecular weight is 200 g/mol. The quantitative estimate of drug-likeness (QED) is 0.589. The van der Waals surface area contributed by atoms with Crippen molar-refractivity contribution in [3.8, 4) is 0 Å². The maximum atomic E-state index is 10.8. The molecule has 0 unspecified atom stereocenters. The average Bonchev–Trinajstić information content (AvgIpc) is 1.98. The number of aliphatic carboxylic acids is 1. The number of hydrogen-bond acceptors (Lipinski definition) is 3. The highest BCUT2D eigenvalue weighted by molar-refractivity contribution is 5.74. The molecule has 0 spiro atoms. The van der Waals surface area contributed by atoms with Crippen LogP contribution in [0, 0.1) is 5.92 Å². The van der Waals surface area contributed by atoms with Crippen molar-refractivity contribution in [3.63, 3.8) is 0 Å². The molecular weight excluding hydrogens is 184 g/mol. The number of likely N-dealkylation sites (tertiary alicyclic amines) is 1. The van der Waals surface area contributed by atoms with Crippen LogP contribution in [0.3, 0.4) is 0 Å². The van der Waals surface area contributed by atoms with Gasteiger partial charge >= 0.3 is 5.97 Å². The van der Waals surface area contributed by atoms with Crippen LogP contribution in [0.2, 0.25) is 0 Å². The standard InChI is InChI=1S/C9H16N2O3/c1-7(12)11-5-8(6-11)4-10-3-2-9(13)14/h8,10H,2-6H2,1H3,(H,13,14). The van der Waals surface area contributed by atoms with Crippen molar-refractivity contribution in [1.82, 2.24) is 10.2 Å². The molecule has 0 saturated carbocycles. The van der Waals surface area contributed by atoms with Crippen LogP contribution in [0.15, 0.2) is 0 Å². The van der Waals surface area contributed by atoms with Crippen LogP contribution in [-0.2, 0) is 9.59 Å². The first-order valence-electron chi connectivity index (χ1n) is 4.77. The Labute approximate surface area is 83.1 Å². The van der Waals surface area contributed by atoms with Crippen molar-refractivity contribution in [2.75, 3.05) is 26.2 Å². The number of carbonyl (C=O) groups is 2. The van der Waals surface area contributed by atoms with E-state index < -0.39 is 5.97 Å². The summed E-state index contributed by atoms with van der Waals surface area (Å²) >= 11 is 0. The summed E-state index contributed by atoms with van der Waals surface area (Å²) in [6.45, 7) is 4.47. The molecule has 5 nitrogen and oxygen atoms in total. The zero-order chi connectivity index (χ0) is 10.6. The Kier molecular flexibility index (Phi) is 3.88. The summed E-state index contributed by atoms with van der Waals surface area (Å²) in [4.78, 5) is 22.8. The Bertz CT molecular complexity index is 224. The van der Waals surface area contributed by atoms with Crippen LogP contribution < -0.4 is 5.32 Å². The van der Waals surface area contributed by atoms with Crippen molar-refractivity contribution < 1.29 is 14.7 Å². The fraction of sp³-hybridized carbons (Fsp3) is 0.778. The number of nitrogens with zero attached hydrogens (tertiary/aromatic N) is 1. The third-order valence-electron chi connectivity index (χ3n) is 2.35. The van der Waals surface area contributed by atoms with Crippen LogP contribution in [0.4, 0.5) is 0 Å². The minimum atomic E-state index is -0.781. The van der Waals surface area contributed by atoms with E-state index >= 15 is 0 Å². The van der Waals surface area contributed by atoms with Gasteiger partial charge in [0, 0.05) is 39.0 Å². The first-order chi connectivity index (χ1) is 6.59. The predicted molar refractivity (Wildman–Crippen MR) is 50.9 cm³/mol. The molecule has 1 aliphatic heterocycles. The van der Waals surface area contributed by atoms with Gasteiger partial charge < -0.3 is 15.3 Å². The zero-order valence-electron chi connectivity index (χ0n) is 8.32. The molecule has 1 saturated heterocycles. The summed E-state index contributed by atoms with van der Waals surface area (Å²) in [7, 11) is 0. The number of carboxylic acids is 1. The van der Waals surface area contributed by atoms with Crippen molar-refractivity contribution in [1.29, 1.82) is 0 Å². The van der Waals surface area contributed by atoms with E-state index in [1.807, 2.05) is 0 Å². The van der Waals surface area contributed by atoms with E-state index in [-0.39, 0.29) is 12.3 Å². The van der Waals surface area contributed by atoms with E-state index in [4.69, 9.17) is 5.11 Å². The molecule has 2 N–H and O–H groups in total. The topological polar surface area (TPSA) is 69.6 Å². The second kappa shape index (κ2) is 4.95. The summed E-state index contributed by atoms with van der Waals surface area (Å²) in [6.07, 6.45) is 0.156. The lowest BCUT2D eigenvalue weighted by Crippen LogP contribution is -2.52. The van der Waals surface area contributed by atoms with E-state index in [1.54, 1.807) is 11.8 Å². The van der Waals surface area contributed by atoms with Crippen LogP contribution in [0.25, 0.3) is 0 Å². The Morgan fingerprint density at radius 1 is 1.50 bits per heavy atom. The summed E-state index contributed by atoms with van der Waals surface area (Å²) in [5.74, 6) is -0.170. The van der Waals surface area contributed by atoms with Crippen molar-refractivity contribution in [2.24, 2.45) is 5.92 Å². The lowest BCUT2D eigenvalue weighted by Gasteiger charge is -2.38. The molecule has 0 bridgehead atoms. The van der Waals surface area contributed by atoms with E-state index in [0.29, 0.717) is 12.5 Å². The van der Waals surface area contributed by atoms with Gasteiger partial charge in [0.2, 0.25) is 5.91 Å².